The van der Waals surface area contributed by atoms with E-state index in [1.807, 2.05) is 0 Å². The van der Waals surface area contributed by atoms with E-state index in [0.717, 1.165) is 12.3 Å². The molecule has 0 saturated heterocycles. The van der Waals surface area contributed by atoms with Crippen molar-refractivity contribution in [2.75, 3.05) is 7.11 Å². The van der Waals surface area contributed by atoms with E-state index in [9.17, 15) is 30.7 Å². The normalized spacial score (nSPS) is 12.1. The third kappa shape index (κ3) is 4.45. The Morgan fingerprint density at radius 2 is 1.47 bits per heavy atom. The average molecular weight is 481 g/mol. The molecule has 0 fully saturated rings. The molecule has 34 heavy (non-hydrogen) atoms. The zero-order valence-electron chi connectivity index (χ0n) is 17.2. The molecule has 0 unspecified atom stereocenters. The predicted octanol–water partition coefficient (Wildman–Crippen LogP) is 6.79. The highest BCUT2D eigenvalue weighted by molar-refractivity contribution is 5.79. The van der Waals surface area contributed by atoms with Gasteiger partial charge in [-0.2, -0.15) is 26.3 Å². The highest BCUT2D eigenvalue weighted by Gasteiger charge is 2.37. The van der Waals surface area contributed by atoms with Crippen LogP contribution in [0.1, 0.15) is 11.1 Å². The Labute approximate surface area is 188 Å². The molecular weight excluding hydrogens is 467 g/mol. The quantitative estimate of drug-likeness (QED) is 0.302. The average Bonchev–Trinajstić information content (AvgIpc) is 3.27. The minimum absolute atomic E-state index is 0.0353. The number of hydrogen-bond donors (Lipinski definition) is 0. The highest BCUT2D eigenvalue weighted by atomic mass is 19.4. The van der Waals surface area contributed by atoms with Gasteiger partial charge in [0.25, 0.3) is 0 Å². The maximum Gasteiger partial charge on any atom is 0.416 e. The van der Waals surface area contributed by atoms with E-state index < -0.39 is 29.3 Å². The van der Waals surface area contributed by atoms with Crippen LogP contribution < -0.4 is 4.74 Å². The largest absolute Gasteiger partial charge is 0.496 e. The van der Waals surface area contributed by atoms with Gasteiger partial charge in [-0.25, -0.2) is 9.37 Å². The summed E-state index contributed by atoms with van der Waals surface area (Å²) in [6, 6.07) is 6.64. The number of aromatic nitrogens is 3. The number of benzene rings is 2. The standard InChI is InChI=1S/C23H14F7N3O/c1-34-21-9-16(24)2-3-18(21)17-4-5-31-11-20(17)33-12-32-10-19(33)13-6-14(22(25,26)27)8-15(7-13)23(28,29)30/h2-12H,1H3. The first-order valence-corrected chi connectivity index (χ1v) is 9.59. The van der Waals surface area contributed by atoms with E-state index in [-0.39, 0.29) is 28.8 Å². The molecule has 0 atom stereocenters. The van der Waals surface area contributed by atoms with Crippen LogP contribution >= 0.6 is 0 Å². The van der Waals surface area contributed by atoms with Crippen LogP contribution in [0.15, 0.2) is 67.4 Å². The van der Waals surface area contributed by atoms with Gasteiger partial charge < -0.3 is 4.74 Å². The molecule has 0 bridgehead atoms. The lowest BCUT2D eigenvalue weighted by molar-refractivity contribution is -0.143. The summed E-state index contributed by atoms with van der Waals surface area (Å²) < 4.78 is 100. The second-order valence-corrected chi connectivity index (χ2v) is 7.18. The van der Waals surface area contributed by atoms with Crippen molar-refractivity contribution in [2.45, 2.75) is 12.4 Å². The van der Waals surface area contributed by atoms with Gasteiger partial charge in [0, 0.05) is 29.0 Å². The maximum atomic E-state index is 13.7. The molecule has 4 aromatic rings. The molecule has 0 aliphatic rings. The molecule has 0 aliphatic carbocycles. The molecule has 0 N–H and O–H groups in total. The van der Waals surface area contributed by atoms with Crippen molar-refractivity contribution in [3.8, 4) is 33.8 Å². The first-order valence-electron chi connectivity index (χ1n) is 9.59. The molecule has 2 aromatic carbocycles. The van der Waals surface area contributed by atoms with Crippen LogP contribution in [0.2, 0.25) is 0 Å². The molecule has 4 nitrogen and oxygen atoms in total. The fourth-order valence-electron chi connectivity index (χ4n) is 3.50. The molecule has 4 rings (SSSR count). The molecule has 0 saturated carbocycles. The minimum Gasteiger partial charge on any atom is -0.496 e. The van der Waals surface area contributed by atoms with Gasteiger partial charge in [0.15, 0.2) is 0 Å². The lowest BCUT2D eigenvalue weighted by Crippen LogP contribution is -2.11. The van der Waals surface area contributed by atoms with Gasteiger partial charge in [-0.15, -0.1) is 0 Å². The van der Waals surface area contributed by atoms with Crippen molar-refractivity contribution < 1.29 is 35.5 Å². The van der Waals surface area contributed by atoms with Crippen molar-refractivity contribution in [1.29, 1.82) is 0 Å². The van der Waals surface area contributed by atoms with Crippen LogP contribution in [-0.2, 0) is 12.4 Å². The second-order valence-electron chi connectivity index (χ2n) is 7.18. The van der Waals surface area contributed by atoms with Crippen molar-refractivity contribution in [3.63, 3.8) is 0 Å². The van der Waals surface area contributed by atoms with Gasteiger partial charge in [-0.05, 0) is 36.4 Å². The number of alkyl halides is 6. The SMILES string of the molecule is COc1cc(F)ccc1-c1ccncc1-n1cncc1-c1cc(C(F)(F)F)cc(C(F)(F)F)c1. The van der Waals surface area contributed by atoms with Crippen LogP contribution in [0.3, 0.4) is 0 Å². The second kappa shape index (κ2) is 8.47. The van der Waals surface area contributed by atoms with Crippen LogP contribution in [0.5, 0.6) is 5.75 Å². The summed E-state index contributed by atoms with van der Waals surface area (Å²) in [5.41, 5.74) is -2.12. The van der Waals surface area contributed by atoms with Gasteiger partial charge in [0.2, 0.25) is 0 Å². The molecule has 0 spiro atoms. The Hall–Kier alpha value is -3.89. The van der Waals surface area contributed by atoms with Crippen molar-refractivity contribution in [3.05, 3.63) is 84.3 Å². The third-order valence-corrected chi connectivity index (χ3v) is 5.04. The van der Waals surface area contributed by atoms with E-state index in [1.54, 1.807) is 6.07 Å². The Morgan fingerprint density at radius 3 is 2.09 bits per heavy atom. The van der Waals surface area contributed by atoms with E-state index in [0.29, 0.717) is 23.3 Å². The number of imidazole rings is 1. The van der Waals surface area contributed by atoms with Crippen molar-refractivity contribution >= 4 is 0 Å². The van der Waals surface area contributed by atoms with E-state index in [2.05, 4.69) is 9.97 Å². The van der Waals surface area contributed by atoms with E-state index in [1.165, 1.54) is 42.5 Å². The maximum absolute atomic E-state index is 13.7. The molecule has 2 heterocycles. The molecular formula is C23H14F7N3O. The number of methoxy groups -OCH3 is 1. The van der Waals surface area contributed by atoms with Crippen molar-refractivity contribution in [1.82, 2.24) is 14.5 Å². The molecule has 11 heteroatoms. The van der Waals surface area contributed by atoms with Crippen LogP contribution in [0.25, 0.3) is 28.1 Å². The van der Waals surface area contributed by atoms with Crippen molar-refractivity contribution in [2.24, 2.45) is 0 Å². The van der Waals surface area contributed by atoms with Gasteiger partial charge >= 0.3 is 12.4 Å². The number of pyridine rings is 1. The lowest BCUT2D eigenvalue weighted by atomic mass is 10.0. The van der Waals surface area contributed by atoms with Crippen LogP contribution in [0, 0.1) is 5.82 Å². The molecule has 2 aromatic heterocycles. The fourth-order valence-corrected chi connectivity index (χ4v) is 3.50. The zero-order chi connectivity index (χ0) is 24.7. The topological polar surface area (TPSA) is 39.9 Å². The Bertz CT molecular complexity index is 1310. The summed E-state index contributed by atoms with van der Waals surface area (Å²) in [5.74, 6) is -0.379. The van der Waals surface area contributed by atoms with Crippen LogP contribution in [0.4, 0.5) is 30.7 Å². The summed E-state index contributed by atoms with van der Waals surface area (Å²) in [6.45, 7) is 0. The highest BCUT2D eigenvalue weighted by Crippen LogP contribution is 2.40. The lowest BCUT2D eigenvalue weighted by Gasteiger charge is -2.17. The number of nitrogens with zero attached hydrogens (tertiary/aromatic N) is 3. The van der Waals surface area contributed by atoms with Gasteiger partial charge in [-0.3, -0.25) is 9.55 Å². The van der Waals surface area contributed by atoms with E-state index in [4.69, 9.17) is 4.74 Å². The molecule has 0 aliphatic heterocycles. The summed E-state index contributed by atoms with van der Waals surface area (Å²) in [6.07, 6.45) is -4.82. The Balaban J connectivity index is 1.93. The van der Waals surface area contributed by atoms with Gasteiger partial charge in [0.1, 0.15) is 11.6 Å². The number of rotatable bonds is 4. The minimum atomic E-state index is -5.00. The predicted molar refractivity (Wildman–Crippen MR) is 109 cm³/mol. The molecule has 176 valence electrons. The molecule has 0 radical (unpaired) electrons. The summed E-state index contributed by atoms with van der Waals surface area (Å²) in [7, 11) is 1.34. The first kappa shape index (κ1) is 23.3. The third-order valence-electron chi connectivity index (χ3n) is 5.04. The first-order chi connectivity index (χ1) is 16.0. The fraction of sp³-hybridized carbons (Fsp3) is 0.130. The number of hydrogen-bond acceptors (Lipinski definition) is 3. The van der Waals surface area contributed by atoms with Crippen LogP contribution in [-0.4, -0.2) is 21.6 Å². The smallest absolute Gasteiger partial charge is 0.416 e. The summed E-state index contributed by atoms with van der Waals surface area (Å²) in [5, 5.41) is 0. The number of halogens is 7. The number of ether oxygens (including phenoxy) is 1. The summed E-state index contributed by atoms with van der Waals surface area (Å²) >= 11 is 0. The summed E-state index contributed by atoms with van der Waals surface area (Å²) in [4.78, 5) is 7.96. The Morgan fingerprint density at radius 1 is 0.794 bits per heavy atom. The zero-order valence-corrected chi connectivity index (χ0v) is 17.2. The monoisotopic (exact) mass is 481 g/mol. The van der Waals surface area contributed by atoms with Gasteiger partial charge in [-0.1, -0.05) is 0 Å². The van der Waals surface area contributed by atoms with E-state index >= 15 is 0 Å². The molecule has 0 amide bonds. The Kier molecular flexibility index (Phi) is 5.80. The van der Waals surface area contributed by atoms with Gasteiger partial charge in [0.05, 0.1) is 48.3 Å².